The summed E-state index contributed by atoms with van der Waals surface area (Å²) in [5.41, 5.74) is -1.26. The van der Waals surface area contributed by atoms with Gasteiger partial charge in [-0.05, 0) is 51.3 Å². The van der Waals surface area contributed by atoms with E-state index >= 15 is 0 Å². The maximum absolute atomic E-state index is 13.0. The van der Waals surface area contributed by atoms with Crippen LogP contribution in [0.5, 0.6) is 0 Å². The Morgan fingerprint density at radius 3 is 1.42 bits per heavy atom. The van der Waals surface area contributed by atoms with Gasteiger partial charge in [0, 0.05) is 6.92 Å². The van der Waals surface area contributed by atoms with Crippen LogP contribution in [-0.4, -0.2) is 56.2 Å². The third-order valence-corrected chi connectivity index (χ3v) is 5.39. The highest BCUT2D eigenvalue weighted by Gasteiger charge is 2.46. The van der Waals surface area contributed by atoms with Crippen LogP contribution < -0.4 is 5.32 Å². The smallest absolute Gasteiger partial charge is 0.340 e. The fraction of sp³-hybridized carbons (Fsp3) is 0.423. The fourth-order valence-electron chi connectivity index (χ4n) is 3.75. The van der Waals surface area contributed by atoms with E-state index in [1.807, 2.05) is 0 Å². The van der Waals surface area contributed by atoms with Gasteiger partial charge in [-0.2, -0.15) is 0 Å². The molecular weight excluding hydrogens is 470 g/mol. The number of hydrogen-bond acceptors (Lipinski definition) is 9. The molecule has 1 amide bonds. The highest BCUT2D eigenvalue weighted by Crippen LogP contribution is 2.42. The van der Waals surface area contributed by atoms with E-state index in [-0.39, 0.29) is 59.9 Å². The number of anilines is 1. The van der Waals surface area contributed by atoms with Crippen molar-refractivity contribution in [3.8, 4) is 11.1 Å². The van der Waals surface area contributed by atoms with E-state index in [1.54, 1.807) is 27.7 Å². The van der Waals surface area contributed by atoms with Gasteiger partial charge in [-0.3, -0.25) is 14.4 Å². The molecule has 0 spiro atoms. The van der Waals surface area contributed by atoms with E-state index in [2.05, 4.69) is 5.32 Å². The highest BCUT2D eigenvalue weighted by atomic mass is 16.6. The molecular formula is C26H31NO9. The van der Waals surface area contributed by atoms with E-state index in [4.69, 9.17) is 18.9 Å². The van der Waals surface area contributed by atoms with Gasteiger partial charge in [0.05, 0.1) is 43.2 Å². The first-order valence-electron chi connectivity index (χ1n) is 11.6. The molecule has 2 rings (SSSR count). The normalized spacial score (nSPS) is 10.9. The summed E-state index contributed by atoms with van der Waals surface area (Å²) in [6.45, 7) is 9.27. The number of carbonyl (C=O) groups is 5. The molecule has 0 aromatic carbocycles. The second-order valence-electron chi connectivity index (χ2n) is 7.76. The number of amides is 1. The molecule has 0 unspecified atom stereocenters. The Morgan fingerprint density at radius 2 is 1.08 bits per heavy atom. The number of ether oxygens (including phenoxy) is 4. The second-order valence-corrected chi connectivity index (χ2v) is 7.76. The minimum atomic E-state index is -1.82. The Hall–Kier alpha value is -3.95. The zero-order valence-corrected chi connectivity index (χ0v) is 21.3. The summed E-state index contributed by atoms with van der Waals surface area (Å²) >= 11 is 0. The third-order valence-electron chi connectivity index (χ3n) is 5.39. The Balaban J connectivity index is 2.94. The lowest BCUT2D eigenvalue weighted by atomic mass is 9.83. The first-order valence-corrected chi connectivity index (χ1v) is 11.6. The molecule has 0 fully saturated rings. The molecule has 0 aromatic heterocycles. The van der Waals surface area contributed by atoms with Crippen molar-refractivity contribution in [3.05, 3.63) is 41.0 Å². The molecule has 0 atom stereocenters. The van der Waals surface area contributed by atoms with E-state index in [0.717, 1.165) is 0 Å². The lowest BCUT2D eigenvalue weighted by Crippen LogP contribution is -2.43. The SMILES string of the molecule is CCOC(=O)c1c2ccc(C(C)(C(=O)OCC)C(=O)OCC)ccc-2c(C(=O)OCC)c1NC(C)=O. The quantitative estimate of drug-likeness (QED) is 0.295. The molecule has 0 heterocycles. The number of carbonyl (C=O) groups excluding carboxylic acids is 5. The molecule has 2 aliphatic rings. The van der Waals surface area contributed by atoms with Gasteiger partial charge >= 0.3 is 23.9 Å². The molecule has 36 heavy (non-hydrogen) atoms. The lowest BCUT2D eigenvalue weighted by Gasteiger charge is -2.24. The number of nitrogens with one attached hydrogen (secondary N) is 1. The van der Waals surface area contributed by atoms with Gasteiger partial charge in [0.1, 0.15) is 0 Å². The molecule has 0 saturated heterocycles. The first-order chi connectivity index (χ1) is 17.1. The second kappa shape index (κ2) is 12.1. The van der Waals surface area contributed by atoms with Crippen molar-refractivity contribution in [3.63, 3.8) is 0 Å². The van der Waals surface area contributed by atoms with Gasteiger partial charge < -0.3 is 24.3 Å². The number of esters is 4. The van der Waals surface area contributed by atoms with Crippen LogP contribution in [0.2, 0.25) is 0 Å². The summed E-state index contributed by atoms with van der Waals surface area (Å²) < 4.78 is 20.7. The van der Waals surface area contributed by atoms with Gasteiger partial charge in [0.15, 0.2) is 5.41 Å². The maximum atomic E-state index is 13.0. The van der Waals surface area contributed by atoms with Crippen molar-refractivity contribution in [1.29, 1.82) is 0 Å². The largest absolute Gasteiger partial charge is 0.465 e. The van der Waals surface area contributed by atoms with Crippen molar-refractivity contribution in [2.45, 2.75) is 47.0 Å². The summed E-state index contributed by atoms with van der Waals surface area (Å²) in [7, 11) is 0. The predicted molar refractivity (Wildman–Crippen MR) is 130 cm³/mol. The molecule has 194 valence electrons. The Kier molecular flexibility index (Phi) is 9.54. The summed E-state index contributed by atoms with van der Waals surface area (Å²) in [5.74, 6) is -3.68. The van der Waals surface area contributed by atoms with Crippen LogP contribution in [0.1, 0.15) is 67.8 Å². The van der Waals surface area contributed by atoms with Crippen LogP contribution in [0.25, 0.3) is 11.1 Å². The molecule has 0 aliphatic heterocycles. The average Bonchev–Trinajstić information content (AvgIpc) is 2.95. The highest BCUT2D eigenvalue weighted by molar-refractivity contribution is 6.18. The Bertz CT molecular complexity index is 1060. The summed E-state index contributed by atoms with van der Waals surface area (Å²) in [6.07, 6.45) is 0. The number of rotatable bonds is 10. The van der Waals surface area contributed by atoms with Crippen LogP contribution in [0.15, 0.2) is 24.3 Å². The molecule has 2 aliphatic carbocycles. The van der Waals surface area contributed by atoms with Crippen molar-refractivity contribution in [2.75, 3.05) is 31.7 Å². The molecule has 10 nitrogen and oxygen atoms in total. The lowest BCUT2D eigenvalue weighted by molar-refractivity contribution is -0.163. The molecule has 0 saturated carbocycles. The number of fused-ring (bicyclic) bond motifs is 1. The summed E-state index contributed by atoms with van der Waals surface area (Å²) in [5, 5.41) is 2.55. The zero-order chi connectivity index (χ0) is 27.0. The molecule has 10 heteroatoms. The van der Waals surface area contributed by atoms with Crippen LogP contribution in [0.4, 0.5) is 5.69 Å². The van der Waals surface area contributed by atoms with E-state index in [9.17, 15) is 24.0 Å². The minimum Gasteiger partial charge on any atom is -0.465 e. The van der Waals surface area contributed by atoms with Crippen LogP contribution in [-0.2, 0) is 38.7 Å². The zero-order valence-electron chi connectivity index (χ0n) is 21.3. The van der Waals surface area contributed by atoms with Gasteiger partial charge in [0.25, 0.3) is 0 Å². The van der Waals surface area contributed by atoms with Crippen molar-refractivity contribution >= 4 is 35.5 Å². The topological polar surface area (TPSA) is 134 Å². The van der Waals surface area contributed by atoms with E-state index < -0.39 is 35.2 Å². The van der Waals surface area contributed by atoms with Crippen LogP contribution in [0.3, 0.4) is 0 Å². The molecule has 0 bridgehead atoms. The van der Waals surface area contributed by atoms with E-state index in [0.29, 0.717) is 0 Å². The minimum absolute atomic E-state index is 0.0410. The molecule has 1 N–H and O–H groups in total. The predicted octanol–water partition coefficient (Wildman–Crippen LogP) is 3.49. The average molecular weight is 502 g/mol. The number of hydrogen-bond donors (Lipinski definition) is 1. The van der Waals surface area contributed by atoms with Gasteiger partial charge in [0.2, 0.25) is 5.91 Å². The van der Waals surface area contributed by atoms with Crippen LogP contribution in [0, 0.1) is 0 Å². The van der Waals surface area contributed by atoms with Gasteiger partial charge in [-0.15, -0.1) is 0 Å². The third kappa shape index (κ3) is 5.48. The molecule has 0 aromatic rings. The van der Waals surface area contributed by atoms with Crippen molar-refractivity contribution < 1.29 is 42.9 Å². The molecule has 0 radical (unpaired) electrons. The Labute approximate surface area is 209 Å². The maximum Gasteiger partial charge on any atom is 0.340 e. The monoisotopic (exact) mass is 501 g/mol. The van der Waals surface area contributed by atoms with Crippen LogP contribution >= 0.6 is 0 Å². The summed E-state index contributed by atoms with van der Waals surface area (Å²) in [6, 6.07) is 5.88. The van der Waals surface area contributed by atoms with Crippen molar-refractivity contribution in [1.82, 2.24) is 0 Å². The first kappa shape index (κ1) is 28.3. The van der Waals surface area contributed by atoms with E-state index in [1.165, 1.54) is 38.1 Å². The van der Waals surface area contributed by atoms with Gasteiger partial charge in [-0.25, -0.2) is 9.59 Å². The standard InChI is InChI=1S/C26H31NO9/c1-7-33-22(29)19-17-13-11-16(26(6,24(31)35-9-3)25(32)36-10-4)12-14-18(17)20(23(30)34-8-2)21(19)27-15(5)28/h11-14H,7-10H2,1-6H3,(H,27,28). The van der Waals surface area contributed by atoms with Crippen molar-refractivity contribution in [2.24, 2.45) is 0 Å². The fourth-order valence-corrected chi connectivity index (χ4v) is 3.75. The summed E-state index contributed by atoms with van der Waals surface area (Å²) in [4.78, 5) is 63.6. The Morgan fingerprint density at radius 1 is 0.694 bits per heavy atom. The van der Waals surface area contributed by atoms with Gasteiger partial charge in [-0.1, -0.05) is 24.3 Å².